The molecule has 0 heterocycles. The monoisotopic (exact) mass is 715 g/mol. The highest BCUT2D eigenvalue weighted by Crippen LogP contribution is 2.28. The second kappa shape index (κ2) is 22.4. The third-order valence-corrected chi connectivity index (χ3v) is 8.50. The Balaban J connectivity index is 2.66. The molecule has 0 radical (unpaired) electrons. The van der Waals surface area contributed by atoms with Crippen LogP contribution in [0.15, 0.2) is 71.4 Å². The summed E-state index contributed by atoms with van der Waals surface area (Å²) in [5.74, 6) is -3.22. The molecule has 0 aliphatic heterocycles. The topological polar surface area (TPSA) is 203 Å². The van der Waals surface area contributed by atoms with E-state index in [0.29, 0.717) is 19.3 Å². The third-order valence-electron chi connectivity index (χ3n) is 7.49. The highest BCUT2D eigenvalue weighted by Gasteiger charge is 2.36. The summed E-state index contributed by atoms with van der Waals surface area (Å²) in [6.07, 6.45) is 7.64. The summed E-state index contributed by atoms with van der Waals surface area (Å²) in [6, 6.07) is 0. The smallest absolute Gasteiger partial charge is 0.405 e. The number of ether oxygens (including phenoxy) is 3. The van der Waals surface area contributed by atoms with E-state index in [1.54, 1.807) is 43.4 Å². The lowest BCUT2D eigenvalue weighted by Crippen LogP contribution is -2.43. The lowest BCUT2D eigenvalue weighted by atomic mass is 9.85. The molecule has 1 saturated carbocycles. The minimum atomic E-state index is -1.88. The van der Waals surface area contributed by atoms with Crippen LogP contribution in [0.25, 0.3) is 0 Å². The summed E-state index contributed by atoms with van der Waals surface area (Å²) in [4.78, 5) is 47.7. The molecule has 1 fully saturated rings. The van der Waals surface area contributed by atoms with Crippen molar-refractivity contribution in [3.05, 3.63) is 71.4 Å². The molecular weight excluding hydrogens is 669 g/mol. The van der Waals surface area contributed by atoms with E-state index in [1.807, 2.05) is 6.92 Å². The van der Waals surface area contributed by atoms with Crippen molar-refractivity contribution in [3.8, 4) is 0 Å². The number of nitrogens with two attached hydrogens (primary N) is 1. The zero-order valence-corrected chi connectivity index (χ0v) is 29.0. The van der Waals surface area contributed by atoms with Crippen LogP contribution in [0.3, 0.4) is 0 Å². The Morgan fingerprint density at radius 1 is 1.02 bits per heavy atom. The van der Waals surface area contributed by atoms with Crippen molar-refractivity contribution in [2.45, 2.75) is 94.9 Å². The molecule has 9 atom stereocenters. The summed E-state index contributed by atoms with van der Waals surface area (Å²) >= 11 is 12.5. The molecular formula is C34H47Cl2NO11. The number of hydrogen-bond donors (Lipinski definition) is 5. The first kappa shape index (κ1) is 42.8. The van der Waals surface area contributed by atoms with Gasteiger partial charge in [-0.3, -0.25) is 9.59 Å². The van der Waals surface area contributed by atoms with E-state index in [1.165, 1.54) is 38.3 Å². The summed E-state index contributed by atoms with van der Waals surface area (Å²) in [5.41, 5.74) is 5.85. The van der Waals surface area contributed by atoms with Crippen LogP contribution >= 0.6 is 23.2 Å². The second-order valence-electron chi connectivity index (χ2n) is 11.3. The number of esters is 2. The SMILES string of the molecule is CC/C=C/[C@@H](OC(N)=O)[C@@H](Cl)[C@H](O)CC(=O)C(O)C(O)C(C)/C(Cl)=C/C=C/C=C(C)/C=C/C=C/C(=O)O[C@@H]1C[C@@H](C(=O)OC)CC[C@@H]1O. The number of alkyl halides is 1. The van der Waals surface area contributed by atoms with Gasteiger partial charge < -0.3 is 40.4 Å². The predicted molar refractivity (Wildman–Crippen MR) is 181 cm³/mol. The van der Waals surface area contributed by atoms with Crippen LogP contribution in [0.4, 0.5) is 4.79 Å². The van der Waals surface area contributed by atoms with Gasteiger partial charge in [-0.15, -0.1) is 11.6 Å². The number of rotatable bonds is 18. The molecule has 14 heteroatoms. The molecule has 268 valence electrons. The van der Waals surface area contributed by atoms with Crippen molar-refractivity contribution >= 4 is 47.0 Å². The molecule has 3 unspecified atom stereocenters. The van der Waals surface area contributed by atoms with Gasteiger partial charge in [-0.05, 0) is 38.3 Å². The average molecular weight is 717 g/mol. The molecule has 1 aliphatic carbocycles. The predicted octanol–water partition coefficient (Wildman–Crippen LogP) is 3.69. The fourth-order valence-corrected chi connectivity index (χ4v) is 5.04. The fraction of sp³-hybridized carbons (Fsp3) is 0.529. The van der Waals surface area contributed by atoms with Gasteiger partial charge in [-0.1, -0.05) is 73.6 Å². The second-order valence-corrected chi connectivity index (χ2v) is 12.2. The van der Waals surface area contributed by atoms with E-state index in [-0.39, 0.29) is 11.5 Å². The molecule has 0 aromatic heterocycles. The summed E-state index contributed by atoms with van der Waals surface area (Å²) < 4.78 is 14.9. The van der Waals surface area contributed by atoms with Crippen molar-refractivity contribution in [2.75, 3.05) is 7.11 Å². The first-order chi connectivity index (χ1) is 22.6. The molecule has 1 aliphatic rings. The Kier molecular flexibility index (Phi) is 19.9. The fourth-order valence-electron chi connectivity index (χ4n) is 4.61. The van der Waals surface area contributed by atoms with Gasteiger partial charge >= 0.3 is 18.0 Å². The molecule has 1 rings (SSSR count). The van der Waals surface area contributed by atoms with Crippen molar-refractivity contribution in [1.82, 2.24) is 0 Å². The maximum Gasteiger partial charge on any atom is 0.405 e. The number of hydrogen-bond acceptors (Lipinski definition) is 11. The van der Waals surface area contributed by atoms with E-state index in [4.69, 9.17) is 43.1 Å². The van der Waals surface area contributed by atoms with Crippen LogP contribution in [0.5, 0.6) is 0 Å². The molecule has 12 nitrogen and oxygen atoms in total. The number of aliphatic hydroxyl groups excluding tert-OH is 4. The number of carbonyl (C=O) groups is 4. The summed E-state index contributed by atoms with van der Waals surface area (Å²) in [6.45, 7) is 5.14. The standard InChI is InChI=1S/C34H47Cl2NO11/c1-5-6-14-27(48-34(37)45)30(36)25(39)19-26(40)32(43)31(42)21(3)23(35)13-9-7-11-20(2)12-8-10-15-29(41)47-28-18-22(33(44)46-4)16-17-24(28)38/h6-15,21-22,24-25,27-28,30-32,38-39,42-43H,5,16-19H2,1-4H3,(H2,37,45)/b9-7+,12-8+,14-6+,15-10+,20-11+,23-13-/t21?,22-,24-,25+,27+,28+,30-,31?,32?/m0/s1. The first-order valence-electron chi connectivity index (χ1n) is 15.5. The largest absolute Gasteiger partial charge is 0.469 e. The van der Waals surface area contributed by atoms with E-state index in [9.17, 15) is 39.6 Å². The van der Waals surface area contributed by atoms with Gasteiger partial charge in [0, 0.05) is 29.9 Å². The van der Waals surface area contributed by atoms with Crippen molar-refractivity contribution < 1.29 is 53.8 Å². The van der Waals surface area contributed by atoms with E-state index >= 15 is 0 Å². The number of Topliss-reactive ketones (excluding diaryl/α,β-unsaturated/α-hetero) is 1. The maximum absolute atomic E-state index is 12.6. The number of amides is 1. The maximum atomic E-state index is 12.6. The van der Waals surface area contributed by atoms with E-state index in [2.05, 4.69) is 0 Å². The van der Waals surface area contributed by atoms with Crippen molar-refractivity contribution in [1.29, 1.82) is 0 Å². The number of primary amides is 1. The Labute approximate surface area is 291 Å². The highest BCUT2D eigenvalue weighted by atomic mass is 35.5. The number of aliphatic hydroxyl groups is 4. The van der Waals surface area contributed by atoms with Gasteiger partial charge in [-0.2, -0.15) is 0 Å². The Hall–Kier alpha value is -3.26. The lowest BCUT2D eigenvalue weighted by Gasteiger charge is -2.31. The Bertz CT molecular complexity index is 1260. The molecule has 0 aromatic carbocycles. The average Bonchev–Trinajstić information content (AvgIpc) is 3.05. The van der Waals surface area contributed by atoms with E-state index < -0.39 is 84.1 Å². The van der Waals surface area contributed by atoms with E-state index in [0.717, 1.165) is 5.57 Å². The van der Waals surface area contributed by atoms with Gasteiger partial charge in [-0.25, -0.2) is 9.59 Å². The van der Waals surface area contributed by atoms with Crippen LogP contribution in [0, 0.1) is 11.8 Å². The normalized spacial score (nSPS) is 23.2. The number of carbonyl (C=O) groups excluding carboxylic acids is 4. The van der Waals surface area contributed by atoms with Crippen molar-refractivity contribution in [2.24, 2.45) is 17.6 Å². The lowest BCUT2D eigenvalue weighted by molar-refractivity contribution is -0.160. The van der Waals surface area contributed by atoms with Crippen LogP contribution in [-0.2, 0) is 28.6 Å². The van der Waals surface area contributed by atoms with Crippen LogP contribution in [-0.4, -0.2) is 93.4 Å². The third kappa shape index (κ3) is 15.3. The summed E-state index contributed by atoms with van der Waals surface area (Å²) in [5, 5.41) is 40.4. The molecule has 0 bridgehead atoms. The zero-order chi connectivity index (χ0) is 36.4. The van der Waals surface area contributed by atoms with Gasteiger partial charge in [0.25, 0.3) is 0 Å². The van der Waals surface area contributed by atoms with Crippen LogP contribution in [0.2, 0.25) is 0 Å². The molecule has 0 spiro atoms. The van der Waals surface area contributed by atoms with Crippen molar-refractivity contribution in [3.63, 3.8) is 0 Å². The van der Waals surface area contributed by atoms with Gasteiger partial charge in [0.1, 0.15) is 23.7 Å². The first-order valence-corrected chi connectivity index (χ1v) is 16.3. The number of halogens is 2. The quantitative estimate of drug-likeness (QED) is 0.0346. The molecule has 48 heavy (non-hydrogen) atoms. The van der Waals surface area contributed by atoms with Gasteiger partial charge in [0.05, 0.1) is 31.3 Å². The summed E-state index contributed by atoms with van der Waals surface area (Å²) in [7, 11) is 1.29. The van der Waals surface area contributed by atoms with Crippen LogP contribution < -0.4 is 5.73 Å². The number of allylic oxidation sites excluding steroid dienone is 9. The minimum absolute atomic E-state index is 0.144. The number of methoxy groups -OCH3 is 1. The molecule has 6 N–H and O–H groups in total. The Morgan fingerprint density at radius 3 is 2.29 bits per heavy atom. The highest BCUT2D eigenvalue weighted by molar-refractivity contribution is 6.30. The van der Waals surface area contributed by atoms with Gasteiger partial charge in [0.2, 0.25) is 0 Å². The molecule has 0 saturated heterocycles. The zero-order valence-electron chi connectivity index (χ0n) is 27.5. The van der Waals surface area contributed by atoms with Gasteiger partial charge in [0.15, 0.2) is 5.78 Å². The molecule has 1 amide bonds. The number of ketones is 1. The Morgan fingerprint density at radius 2 is 1.67 bits per heavy atom. The van der Waals surface area contributed by atoms with Crippen LogP contribution in [0.1, 0.15) is 52.9 Å². The minimum Gasteiger partial charge on any atom is -0.469 e. The molecule has 0 aromatic rings.